The number of benzene rings is 1. The normalized spacial score (nSPS) is 20.6. The molecule has 18 heavy (non-hydrogen) atoms. The van der Waals surface area contributed by atoms with E-state index in [9.17, 15) is 8.42 Å². The van der Waals surface area contributed by atoms with Crippen molar-refractivity contribution in [2.45, 2.75) is 30.3 Å². The van der Waals surface area contributed by atoms with Gasteiger partial charge in [0.2, 0.25) is 0 Å². The summed E-state index contributed by atoms with van der Waals surface area (Å²) < 4.78 is 33.2. The molecule has 0 spiro atoms. The molecule has 1 aromatic rings. The van der Waals surface area contributed by atoms with Gasteiger partial charge in [-0.15, -0.1) is 0 Å². The number of rotatable bonds is 4. The minimum Gasteiger partial charge on any atom is -0.491 e. The number of hydrogen-bond acceptors (Lipinski definition) is 4. The molecule has 1 aromatic carbocycles. The van der Waals surface area contributed by atoms with Gasteiger partial charge in [-0.05, 0) is 43.5 Å². The molecule has 100 valence electrons. The molecule has 0 amide bonds. The molecule has 0 bridgehead atoms. The Hall–Kier alpha value is -0.780. The third-order valence-electron chi connectivity index (χ3n) is 2.82. The summed E-state index contributed by atoms with van der Waals surface area (Å²) in [7, 11) is 1.56. The summed E-state index contributed by atoms with van der Waals surface area (Å²) >= 11 is 0. The lowest BCUT2D eigenvalue weighted by atomic mass is 10.1. The minimum atomic E-state index is -3.66. The van der Waals surface area contributed by atoms with Crippen molar-refractivity contribution in [3.63, 3.8) is 0 Å². The lowest BCUT2D eigenvalue weighted by molar-refractivity contribution is -0.0110. The van der Waals surface area contributed by atoms with Crippen LogP contribution in [0.3, 0.4) is 0 Å². The van der Waals surface area contributed by atoms with Crippen LogP contribution in [-0.2, 0) is 13.8 Å². The van der Waals surface area contributed by atoms with Crippen molar-refractivity contribution in [2.75, 3.05) is 13.2 Å². The summed E-state index contributed by atoms with van der Waals surface area (Å²) in [6.45, 7) is 1.28. The van der Waals surface area contributed by atoms with E-state index in [0.29, 0.717) is 12.4 Å². The van der Waals surface area contributed by atoms with Crippen molar-refractivity contribution in [3.8, 4) is 5.75 Å². The van der Waals surface area contributed by atoms with Gasteiger partial charge >= 0.3 is 0 Å². The average Bonchev–Trinajstić information content (AvgIpc) is 2.37. The molecule has 1 atom stereocenters. The quantitative estimate of drug-likeness (QED) is 0.800. The van der Waals surface area contributed by atoms with Crippen LogP contribution in [0.25, 0.3) is 0 Å². The standard InChI is InChI=1S/C12H15ClO4S/c13-18(14,15)12-6-4-10(5-7-12)17-9-11-3-1-2-8-16-11/h4-7,11H,1-3,8-9H2/t11-/m0/s1. The molecule has 2 rings (SSSR count). The monoisotopic (exact) mass is 290 g/mol. The van der Waals surface area contributed by atoms with Crippen molar-refractivity contribution < 1.29 is 17.9 Å². The van der Waals surface area contributed by atoms with Crippen molar-refractivity contribution in [1.29, 1.82) is 0 Å². The third kappa shape index (κ3) is 3.86. The fraction of sp³-hybridized carbons (Fsp3) is 0.500. The first-order valence-corrected chi connectivity index (χ1v) is 8.16. The summed E-state index contributed by atoms with van der Waals surface area (Å²) in [5.41, 5.74) is 0. The van der Waals surface area contributed by atoms with E-state index in [2.05, 4.69) is 0 Å². The Kier molecular flexibility index (Phi) is 4.48. The van der Waals surface area contributed by atoms with Crippen LogP contribution in [-0.4, -0.2) is 27.7 Å². The highest BCUT2D eigenvalue weighted by Crippen LogP contribution is 2.20. The first-order valence-electron chi connectivity index (χ1n) is 5.85. The Bertz CT molecular complexity index is 477. The molecule has 4 nitrogen and oxygen atoms in total. The zero-order chi connectivity index (χ0) is 13.0. The van der Waals surface area contributed by atoms with E-state index in [4.69, 9.17) is 20.2 Å². The van der Waals surface area contributed by atoms with Gasteiger partial charge in [0.1, 0.15) is 12.4 Å². The van der Waals surface area contributed by atoms with Crippen LogP contribution in [0.1, 0.15) is 19.3 Å². The molecule has 1 aliphatic heterocycles. The zero-order valence-electron chi connectivity index (χ0n) is 9.84. The van der Waals surface area contributed by atoms with Crippen molar-refractivity contribution in [2.24, 2.45) is 0 Å². The number of halogens is 1. The Morgan fingerprint density at radius 1 is 1.28 bits per heavy atom. The second kappa shape index (κ2) is 5.91. The maximum Gasteiger partial charge on any atom is 0.261 e. The lowest BCUT2D eigenvalue weighted by Crippen LogP contribution is -2.25. The average molecular weight is 291 g/mol. The highest BCUT2D eigenvalue weighted by molar-refractivity contribution is 8.13. The van der Waals surface area contributed by atoms with Gasteiger partial charge in [0.25, 0.3) is 9.05 Å². The maximum absolute atomic E-state index is 11.1. The van der Waals surface area contributed by atoms with Gasteiger partial charge in [0.05, 0.1) is 11.0 Å². The molecule has 0 saturated carbocycles. The topological polar surface area (TPSA) is 52.6 Å². The highest BCUT2D eigenvalue weighted by Gasteiger charge is 2.14. The Morgan fingerprint density at radius 3 is 2.56 bits per heavy atom. The van der Waals surface area contributed by atoms with Crippen LogP contribution in [0.2, 0.25) is 0 Å². The molecule has 0 aliphatic carbocycles. The van der Waals surface area contributed by atoms with Crippen LogP contribution in [0.15, 0.2) is 29.2 Å². The number of ether oxygens (including phenoxy) is 2. The van der Waals surface area contributed by atoms with E-state index in [-0.39, 0.29) is 11.0 Å². The highest BCUT2D eigenvalue weighted by atomic mass is 35.7. The van der Waals surface area contributed by atoms with E-state index in [0.717, 1.165) is 25.9 Å². The van der Waals surface area contributed by atoms with E-state index >= 15 is 0 Å². The van der Waals surface area contributed by atoms with Gasteiger partial charge in [0, 0.05) is 17.3 Å². The van der Waals surface area contributed by atoms with E-state index in [1.807, 2.05) is 0 Å². The molecule has 0 aromatic heterocycles. The van der Waals surface area contributed by atoms with Gasteiger partial charge in [-0.25, -0.2) is 8.42 Å². The van der Waals surface area contributed by atoms with Crippen molar-refractivity contribution in [3.05, 3.63) is 24.3 Å². The van der Waals surface area contributed by atoms with Gasteiger partial charge in [-0.3, -0.25) is 0 Å². The third-order valence-corrected chi connectivity index (χ3v) is 4.18. The van der Waals surface area contributed by atoms with Gasteiger partial charge in [-0.2, -0.15) is 0 Å². The molecule has 0 unspecified atom stereocenters. The smallest absolute Gasteiger partial charge is 0.261 e. The zero-order valence-corrected chi connectivity index (χ0v) is 11.4. The Morgan fingerprint density at radius 2 is 2.00 bits per heavy atom. The van der Waals surface area contributed by atoms with Crippen molar-refractivity contribution in [1.82, 2.24) is 0 Å². The maximum atomic E-state index is 11.1. The summed E-state index contributed by atoms with van der Waals surface area (Å²) in [5.74, 6) is 0.619. The molecule has 1 heterocycles. The Labute approximate surface area is 111 Å². The van der Waals surface area contributed by atoms with Crippen LogP contribution < -0.4 is 4.74 Å². The first kappa shape index (κ1) is 13.6. The molecule has 6 heteroatoms. The van der Waals surface area contributed by atoms with E-state index in [1.165, 1.54) is 12.1 Å². The lowest BCUT2D eigenvalue weighted by Gasteiger charge is -2.22. The fourth-order valence-corrected chi connectivity index (χ4v) is 2.60. The molecule has 1 fully saturated rings. The molecule has 0 radical (unpaired) electrons. The molecule has 1 saturated heterocycles. The van der Waals surface area contributed by atoms with Crippen LogP contribution in [0.5, 0.6) is 5.75 Å². The summed E-state index contributed by atoms with van der Waals surface area (Å²) in [4.78, 5) is 0.0745. The number of hydrogen-bond donors (Lipinski definition) is 0. The van der Waals surface area contributed by atoms with Crippen molar-refractivity contribution >= 4 is 19.7 Å². The largest absolute Gasteiger partial charge is 0.491 e. The molecule has 0 N–H and O–H groups in total. The molecule has 1 aliphatic rings. The predicted octanol–water partition coefficient (Wildman–Crippen LogP) is 2.56. The van der Waals surface area contributed by atoms with Crippen LogP contribution in [0, 0.1) is 0 Å². The van der Waals surface area contributed by atoms with Crippen LogP contribution in [0.4, 0.5) is 0 Å². The van der Waals surface area contributed by atoms with E-state index in [1.54, 1.807) is 12.1 Å². The van der Waals surface area contributed by atoms with Gasteiger partial charge in [-0.1, -0.05) is 0 Å². The Balaban J connectivity index is 1.90. The summed E-state index contributed by atoms with van der Waals surface area (Å²) in [6, 6.07) is 6.05. The predicted molar refractivity (Wildman–Crippen MR) is 68.6 cm³/mol. The first-order chi connectivity index (χ1) is 8.55. The molecular formula is C12H15ClO4S. The van der Waals surface area contributed by atoms with E-state index < -0.39 is 9.05 Å². The minimum absolute atomic E-state index is 0.0745. The second-order valence-corrected chi connectivity index (χ2v) is 6.77. The fourth-order valence-electron chi connectivity index (χ4n) is 1.83. The van der Waals surface area contributed by atoms with Gasteiger partial charge < -0.3 is 9.47 Å². The van der Waals surface area contributed by atoms with Gasteiger partial charge in [0.15, 0.2) is 0 Å². The summed E-state index contributed by atoms with van der Waals surface area (Å²) in [6.07, 6.45) is 3.42. The SMILES string of the molecule is O=S(=O)(Cl)c1ccc(OC[C@@H]2CCCCO2)cc1. The summed E-state index contributed by atoms with van der Waals surface area (Å²) in [5, 5.41) is 0. The second-order valence-electron chi connectivity index (χ2n) is 4.21. The van der Waals surface area contributed by atoms with Crippen LogP contribution >= 0.6 is 10.7 Å². The molecular weight excluding hydrogens is 276 g/mol.